The van der Waals surface area contributed by atoms with Crippen LogP contribution in [0.3, 0.4) is 0 Å². The Morgan fingerprint density at radius 1 is 1.38 bits per heavy atom. The summed E-state index contributed by atoms with van der Waals surface area (Å²) < 4.78 is 0. The summed E-state index contributed by atoms with van der Waals surface area (Å²) >= 11 is 0. The van der Waals surface area contributed by atoms with Crippen LogP contribution in [-0.4, -0.2) is 34.5 Å². The minimum Gasteiger partial charge on any atom is -0.329 e. The first kappa shape index (κ1) is 13.1. The van der Waals surface area contributed by atoms with Crippen molar-refractivity contribution < 1.29 is 0 Å². The van der Waals surface area contributed by atoms with Gasteiger partial charge >= 0.3 is 0 Å². The lowest BCUT2D eigenvalue weighted by molar-refractivity contribution is 0.149. The summed E-state index contributed by atoms with van der Waals surface area (Å²) in [4.78, 5) is 10.5. The number of likely N-dealkylation sites (N-methyl/N-ethyl adjacent to an activating group) is 1. The molecular formula is C12H22N4. The Labute approximate surface area is 97.9 Å². The predicted octanol–water partition coefficient (Wildman–Crippen LogP) is 1.45. The Kier molecular flexibility index (Phi) is 4.83. The fourth-order valence-electron chi connectivity index (χ4n) is 1.75. The molecule has 0 aliphatic heterocycles. The number of nitrogens with two attached hydrogens (primary N) is 1. The van der Waals surface area contributed by atoms with Gasteiger partial charge in [-0.15, -0.1) is 0 Å². The van der Waals surface area contributed by atoms with Crippen LogP contribution in [-0.2, 0) is 0 Å². The second-order valence-electron chi connectivity index (χ2n) is 4.54. The topological polar surface area (TPSA) is 55.0 Å². The summed E-state index contributed by atoms with van der Waals surface area (Å²) in [6.45, 7) is 7.22. The van der Waals surface area contributed by atoms with E-state index in [-0.39, 0.29) is 6.04 Å². The highest BCUT2D eigenvalue weighted by Crippen LogP contribution is 2.21. The number of nitrogens with zero attached hydrogens (tertiary/aromatic N) is 3. The third-order valence-electron chi connectivity index (χ3n) is 3.27. The third kappa shape index (κ3) is 3.00. The summed E-state index contributed by atoms with van der Waals surface area (Å²) in [5, 5.41) is 0. The number of hydrogen-bond acceptors (Lipinski definition) is 4. The summed E-state index contributed by atoms with van der Waals surface area (Å²) in [7, 11) is 2.10. The Morgan fingerprint density at radius 2 is 2.06 bits per heavy atom. The molecule has 4 heteroatoms. The van der Waals surface area contributed by atoms with Gasteiger partial charge in [0.1, 0.15) is 6.33 Å². The smallest absolute Gasteiger partial charge is 0.115 e. The monoisotopic (exact) mass is 222 g/mol. The zero-order chi connectivity index (χ0) is 12.1. The second-order valence-corrected chi connectivity index (χ2v) is 4.54. The largest absolute Gasteiger partial charge is 0.329 e. The molecule has 0 aliphatic carbocycles. The molecule has 16 heavy (non-hydrogen) atoms. The third-order valence-corrected chi connectivity index (χ3v) is 3.27. The standard InChI is InChI=1S/C12H22N4/c1-9(2)10(3)16(4)12(7-13)11-5-6-14-8-15-11/h5-6,8-10,12H,7,13H2,1-4H3. The summed E-state index contributed by atoms with van der Waals surface area (Å²) in [5.74, 6) is 0.598. The highest BCUT2D eigenvalue weighted by Gasteiger charge is 2.22. The van der Waals surface area contributed by atoms with E-state index in [1.807, 2.05) is 6.07 Å². The van der Waals surface area contributed by atoms with Crippen molar-refractivity contribution in [2.24, 2.45) is 11.7 Å². The first-order valence-corrected chi connectivity index (χ1v) is 5.75. The molecule has 0 spiro atoms. The summed E-state index contributed by atoms with van der Waals surface area (Å²) in [5.41, 5.74) is 6.83. The molecule has 0 bridgehead atoms. The fourth-order valence-corrected chi connectivity index (χ4v) is 1.75. The van der Waals surface area contributed by atoms with Crippen molar-refractivity contribution in [3.8, 4) is 0 Å². The van der Waals surface area contributed by atoms with Crippen molar-refractivity contribution in [2.75, 3.05) is 13.6 Å². The molecule has 0 aromatic carbocycles. The normalized spacial score (nSPS) is 15.4. The molecular weight excluding hydrogens is 200 g/mol. The van der Waals surface area contributed by atoms with E-state index in [4.69, 9.17) is 5.73 Å². The SMILES string of the molecule is CC(C)C(C)N(C)C(CN)c1ccncn1. The van der Waals surface area contributed by atoms with Crippen molar-refractivity contribution in [2.45, 2.75) is 32.9 Å². The number of rotatable bonds is 5. The van der Waals surface area contributed by atoms with E-state index in [1.165, 1.54) is 0 Å². The van der Waals surface area contributed by atoms with Crippen LogP contribution in [0.25, 0.3) is 0 Å². The Balaban J connectivity index is 2.83. The minimum atomic E-state index is 0.167. The van der Waals surface area contributed by atoms with Gasteiger partial charge in [0.2, 0.25) is 0 Å². The van der Waals surface area contributed by atoms with E-state index >= 15 is 0 Å². The molecule has 1 rings (SSSR count). The van der Waals surface area contributed by atoms with Crippen LogP contribution in [0.5, 0.6) is 0 Å². The van der Waals surface area contributed by atoms with Crippen LogP contribution in [0.15, 0.2) is 18.6 Å². The van der Waals surface area contributed by atoms with Crippen LogP contribution in [0.4, 0.5) is 0 Å². The first-order chi connectivity index (χ1) is 7.57. The van der Waals surface area contributed by atoms with Crippen LogP contribution in [0.1, 0.15) is 32.5 Å². The molecule has 0 fully saturated rings. The zero-order valence-corrected chi connectivity index (χ0v) is 10.6. The molecule has 1 heterocycles. The average Bonchev–Trinajstić information content (AvgIpc) is 2.30. The highest BCUT2D eigenvalue weighted by atomic mass is 15.2. The van der Waals surface area contributed by atoms with Gasteiger partial charge in [-0.1, -0.05) is 13.8 Å². The van der Waals surface area contributed by atoms with Gasteiger partial charge in [-0.25, -0.2) is 9.97 Å². The van der Waals surface area contributed by atoms with Crippen LogP contribution in [0.2, 0.25) is 0 Å². The summed E-state index contributed by atoms with van der Waals surface area (Å²) in [6, 6.07) is 2.57. The lowest BCUT2D eigenvalue weighted by atomic mass is 10.0. The van der Waals surface area contributed by atoms with Crippen molar-refractivity contribution in [1.82, 2.24) is 14.9 Å². The molecule has 0 amide bonds. The van der Waals surface area contributed by atoms with E-state index in [0.29, 0.717) is 18.5 Å². The van der Waals surface area contributed by atoms with Crippen LogP contribution < -0.4 is 5.73 Å². The van der Waals surface area contributed by atoms with Gasteiger partial charge in [-0.05, 0) is 26.0 Å². The molecule has 1 aromatic rings. The zero-order valence-electron chi connectivity index (χ0n) is 10.6. The van der Waals surface area contributed by atoms with Gasteiger partial charge in [0.05, 0.1) is 11.7 Å². The second kappa shape index (κ2) is 5.92. The van der Waals surface area contributed by atoms with E-state index in [2.05, 4.69) is 42.7 Å². The van der Waals surface area contributed by atoms with Crippen LogP contribution in [0, 0.1) is 5.92 Å². The summed E-state index contributed by atoms with van der Waals surface area (Å²) in [6.07, 6.45) is 3.34. The van der Waals surface area contributed by atoms with E-state index in [0.717, 1.165) is 5.69 Å². The number of aromatic nitrogens is 2. The fraction of sp³-hybridized carbons (Fsp3) is 0.667. The van der Waals surface area contributed by atoms with Gasteiger partial charge in [0.15, 0.2) is 0 Å². The quantitative estimate of drug-likeness (QED) is 0.819. The lowest BCUT2D eigenvalue weighted by Gasteiger charge is -2.34. The Bertz CT molecular complexity index is 299. The van der Waals surface area contributed by atoms with Crippen molar-refractivity contribution in [3.05, 3.63) is 24.3 Å². The van der Waals surface area contributed by atoms with Crippen LogP contribution >= 0.6 is 0 Å². The van der Waals surface area contributed by atoms with Gasteiger partial charge in [0.25, 0.3) is 0 Å². The minimum absolute atomic E-state index is 0.167. The van der Waals surface area contributed by atoms with Gasteiger partial charge in [0, 0.05) is 18.8 Å². The molecule has 0 saturated heterocycles. The average molecular weight is 222 g/mol. The molecule has 1 aromatic heterocycles. The Morgan fingerprint density at radius 3 is 2.50 bits per heavy atom. The Hall–Kier alpha value is -1.00. The molecule has 4 nitrogen and oxygen atoms in total. The molecule has 0 saturated carbocycles. The van der Waals surface area contributed by atoms with Gasteiger partial charge in [-0.3, -0.25) is 4.90 Å². The van der Waals surface area contributed by atoms with E-state index in [1.54, 1.807) is 12.5 Å². The van der Waals surface area contributed by atoms with Gasteiger partial charge < -0.3 is 5.73 Å². The van der Waals surface area contributed by atoms with E-state index < -0.39 is 0 Å². The maximum Gasteiger partial charge on any atom is 0.115 e. The molecule has 0 aliphatic rings. The molecule has 2 atom stereocenters. The highest BCUT2D eigenvalue weighted by molar-refractivity contribution is 5.06. The molecule has 0 radical (unpaired) electrons. The van der Waals surface area contributed by atoms with Crippen molar-refractivity contribution in [1.29, 1.82) is 0 Å². The maximum atomic E-state index is 5.84. The molecule has 2 unspecified atom stereocenters. The lowest BCUT2D eigenvalue weighted by Crippen LogP contribution is -2.40. The van der Waals surface area contributed by atoms with Gasteiger partial charge in [-0.2, -0.15) is 0 Å². The molecule has 90 valence electrons. The first-order valence-electron chi connectivity index (χ1n) is 5.75. The van der Waals surface area contributed by atoms with E-state index in [9.17, 15) is 0 Å². The number of hydrogen-bond donors (Lipinski definition) is 1. The molecule has 2 N–H and O–H groups in total. The van der Waals surface area contributed by atoms with Crippen molar-refractivity contribution in [3.63, 3.8) is 0 Å². The maximum absolute atomic E-state index is 5.84. The van der Waals surface area contributed by atoms with Crippen molar-refractivity contribution >= 4 is 0 Å². The predicted molar refractivity (Wildman–Crippen MR) is 65.9 cm³/mol.